The summed E-state index contributed by atoms with van der Waals surface area (Å²) in [4.78, 5) is 14.8. The van der Waals surface area contributed by atoms with Gasteiger partial charge in [-0.1, -0.05) is 20.3 Å². The highest BCUT2D eigenvalue weighted by Gasteiger charge is 2.38. The lowest BCUT2D eigenvalue weighted by Crippen LogP contribution is -2.49. The maximum absolute atomic E-state index is 12.4. The molecule has 0 aromatic rings. The van der Waals surface area contributed by atoms with E-state index in [0.717, 1.165) is 32.5 Å². The number of carbonyl (C=O) groups is 1. The molecule has 0 aromatic carbocycles. The largest absolute Gasteiger partial charge is 0.373 e. The van der Waals surface area contributed by atoms with E-state index < -0.39 is 0 Å². The summed E-state index contributed by atoms with van der Waals surface area (Å²) in [5.74, 6) is 0.715. The topological polar surface area (TPSA) is 29.5 Å². The van der Waals surface area contributed by atoms with E-state index in [2.05, 4.69) is 32.6 Å². The molecule has 1 saturated heterocycles. The first-order valence-electron chi connectivity index (χ1n) is 7.30. The van der Waals surface area contributed by atoms with Gasteiger partial charge in [0.15, 0.2) is 0 Å². The molecule has 3 atom stereocenters. The molecule has 0 aromatic heterocycles. The van der Waals surface area contributed by atoms with Crippen LogP contribution in [0.3, 0.4) is 0 Å². The lowest BCUT2D eigenvalue weighted by molar-refractivity contribution is -0.136. The zero-order chi connectivity index (χ0) is 13.3. The van der Waals surface area contributed by atoms with E-state index in [1.165, 1.54) is 6.42 Å². The average Bonchev–Trinajstić information content (AvgIpc) is 2.23. The molecule has 2 fully saturated rings. The molecule has 1 aliphatic heterocycles. The van der Waals surface area contributed by atoms with Crippen LogP contribution in [0.2, 0.25) is 0 Å². The predicted octanol–water partition coefficient (Wildman–Crippen LogP) is 2.49. The van der Waals surface area contributed by atoms with Gasteiger partial charge < -0.3 is 4.74 Å². The Bertz CT molecular complexity index is 304. The van der Waals surface area contributed by atoms with Crippen molar-refractivity contribution in [3.8, 4) is 0 Å². The molecule has 104 valence electrons. The van der Waals surface area contributed by atoms with Crippen molar-refractivity contribution in [2.45, 2.75) is 59.2 Å². The second-order valence-electron chi connectivity index (χ2n) is 6.81. The van der Waals surface area contributed by atoms with Crippen LogP contribution in [0.4, 0.5) is 0 Å². The van der Waals surface area contributed by atoms with Gasteiger partial charge in [-0.15, -0.1) is 0 Å². The molecule has 2 aliphatic rings. The van der Waals surface area contributed by atoms with Crippen molar-refractivity contribution >= 4 is 5.78 Å². The number of hydrogen-bond acceptors (Lipinski definition) is 3. The highest BCUT2D eigenvalue weighted by Crippen LogP contribution is 2.35. The van der Waals surface area contributed by atoms with Gasteiger partial charge in [0.25, 0.3) is 0 Å². The predicted molar refractivity (Wildman–Crippen MR) is 72.6 cm³/mol. The molecule has 2 rings (SSSR count). The molecule has 1 aliphatic carbocycles. The fraction of sp³-hybridized carbons (Fsp3) is 0.933. The van der Waals surface area contributed by atoms with E-state index in [1.807, 2.05) is 0 Å². The van der Waals surface area contributed by atoms with Crippen LogP contribution in [-0.4, -0.2) is 42.5 Å². The van der Waals surface area contributed by atoms with Crippen molar-refractivity contribution in [2.75, 3.05) is 19.6 Å². The van der Waals surface area contributed by atoms with Crippen LogP contribution >= 0.6 is 0 Å². The van der Waals surface area contributed by atoms with Gasteiger partial charge in [-0.3, -0.25) is 9.69 Å². The van der Waals surface area contributed by atoms with Crippen molar-refractivity contribution < 1.29 is 9.53 Å². The van der Waals surface area contributed by atoms with E-state index in [-0.39, 0.29) is 11.3 Å². The molecule has 0 amide bonds. The smallest absolute Gasteiger partial charge is 0.142 e. The Morgan fingerprint density at radius 3 is 2.50 bits per heavy atom. The maximum Gasteiger partial charge on any atom is 0.142 e. The van der Waals surface area contributed by atoms with E-state index in [9.17, 15) is 4.79 Å². The maximum atomic E-state index is 12.4. The zero-order valence-electron chi connectivity index (χ0n) is 12.2. The second-order valence-corrected chi connectivity index (χ2v) is 6.81. The SMILES string of the molecule is CC1CN(CC2CCCC(C)(C)C2=O)CC(C)O1. The minimum Gasteiger partial charge on any atom is -0.373 e. The highest BCUT2D eigenvalue weighted by molar-refractivity contribution is 5.87. The summed E-state index contributed by atoms with van der Waals surface area (Å²) in [7, 11) is 0. The number of ether oxygens (including phenoxy) is 1. The minimum atomic E-state index is -0.105. The fourth-order valence-electron chi connectivity index (χ4n) is 3.52. The third-order valence-electron chi connectivity index (χ3n) is 4.37. The van der Waals surface area contributed by atoms with Gasteiger partial charge in [-0.2, -0.15) is 0 Å². The summed E-state index contributed by atoms with van der Waals surface area (Å²) < 4.78 is 5.75. The van der Waals surface area contributed by atoms with Crippen LogP contribution < -0.4 is 0 Å². The molecule has 0 N–H and O–H groups in total. The van der Waals surface area contributed by atoms with Crippen LogP contribution in [0, 0.1) is 11.3 Å². The molecule has 3 heteroatoms. The summed E-state index contributed by atoms with van der Waals surface area (Å²) >= 11 is 0. The second kappa shape index (κ2) is 5.30. The first-order valence-corrected chi connectivity index (χ1v) is 7.30. The van der Waals surface area contributed by atoms with Gasteiger partial charge in [-0.05, 0) is 26.7 Å². The van der Waals surface area contributed by atoms with Crippen LogP contribution in [0.25, 0.3) is 0 Å². The van der Waals surface area contributed by atoms with Crippen LogP contribution in [0.1, 0.15) is 47.0 Å². The van der Waals surface area contributed by atoms with Gasteiger partial charge >= 0.3 is 0 Å². The molecule has 1 saturated carbocycles. The summed E-state index contributed by atoms with van der Waals surface area (Å²) in [6.45, 7) is 11.3. The van der Waals surface area contributed by atoms with Crippen molar-refractivity contribution in [1.29, 1.82) is 0 Å². The Hall–Kier alpha value is -0.410. The lowest BCUT2D eigenvalue weighted by Gasteiger charge is -2.40. The molecule has 0 spiro atoms. The number of Topliss-reactive ketones (excluding diaryl/α,β-unsaturated/α-hetero) is 1. The normalized spacial score (nSPS) is 37.8. The standard InChI is InChI=1S/C15H27NO2/c1-11-8-16(9-12(2)18-11)10-13-6-5-7-15(3,4)14(13)17/h11-13H,5-10H2,1-4H3. The summed E-state index contributed by atoms with van der Waals surface area (Å²) in [5.41, 5.74) is -0.105. The number of ketones is 1. The number of rotatable bonds is 2. The summed E-state index contributed by atoms with van der Waals surface area (Å²) in [6.07, 6.45) is 3.90. The van der Waals surface area contributed by atoms with E-state index in [1.54, 1.807) is 0 Å². The monoisotopic (exact) mass is 253 g/mol. The molecule has 1 heterocycles. The van der Waals surface area contributed by atoms with Crippen molar-refractivity contribution in [3.05, 3.63) is 0 Å². The van der Waals surface area contributed by atoms with Gasteiger partial charge in [0.05, 0.1) is 12.2 Å². The first-order chi connectivity index (χ1) is 8.38. The van der Waals surface area contributed by atoms with Gasteiger partial charge in [0.1, 0.15) is 5.78 Å². The van der Waals surface area contributed by atoms with Crippen LogP contribution in [-0.2, 0) is 9.53 Å². The van der Waals surface area contributed by atoms with Gasteiger partial charge in [0.2, 0.25) is 0 Å². The van der Waals surface area contributed by atoms with E-state index in [4.69, 9.17) is 4.74 Å². The van der Waals surface area contributed by atoms with Gasteiger partial charge in [0, 0.05) is 31.0 Å². The van der Waals surface area contributed by atoms with E-state index in [0.29, 0.717) is 18.0 Å². The fourth-order valence-corrected chi connectivity index (χ4v) is 3.52. The molecular weight excluding hydrogens is 226 g/mol. The number of nitrogens with zero attached hydrogens (tertiary/aromatic N) is 1. The lowest BCUT2D eigenvalue weighted by atomic mass is 9.71. The van der Waals surface area contributed by atoms with Crippen LogP contribution in [0.5, 0.6) is 0 Å². The summed E-state index contributed by atoms with van der Waals surface area (Å²) in [5, 5.41) is 0. The summed E-state index contributed by atoms with van der Waals surface area (Å²) in [6, 6.07) is 0. The van der Waals surface area contributed by atoms with Crippen molar-refractivity contribution in [3.63, 3.8) is 0 Å². The highest BCUT2D eigenvalue weighted by atomic mass is 16.5. The van der Waals surface area contributed by atoms with Crippen molar-refractivity contribution in [2.24, 2.45) is 11.3 Å². The third kappa shape index (κ3) is 3.12. The van der Waals surface area contributed by atoms with Crippen molar-refractivity contribution in [1.82, 2.24) is 4.90 Å². The Kier molecular flexibility index (Phi) is 4.12. The quantitative estimate of drug-likeness (QED) is 0.757. The van der Waals surface area contributed by atoms with E-state index >= 15 is 0 Å². The number of morpholine rings is 1. The Balaban J connectivity index is 1.94. The van der Waals surface area contributed by atoms with Gasteiger partial charge in [-0.25, -0.2) is 0 Å². The third-order valence-corrected chi connectivity index (χ3v) is 4.37. The zero-order valence-corrected chi connectivity index (χ0v) is 12.2. The minimum absolute atomic E-state index is 0.105. The Morgan fingerprint density at radius 2 is 1.89 bits per heavy atom. The first kappa shape index (κ1) is 14.0. The molecule has 3 unspecified atom stereocenters. The molecule has 0 bridgehead atoms. The average molecular weight is 253 g/mol. The Morgan fingerprint density at radius 1 is 1.28 bits per heavy atom. The number of hydrogen-bond donors (Lipinski definition) is 0. The number of carbonyl (C=O) groups excluding carboxylic acids is 1. The molecule has 0 radical (unpaired) electrons. The molecule has 18 heavy (non-hydrogen) atoms. The Labute approximate surface area is 111 Å². The van der Waals surface area contributed by atoms with Crippen LogP contribution in [0.15, 0.2) is 0 Å². The molecular formula is C15H27NO2. The molecule has 3 nitrogen and oxygen atoms in total.